The molecular formula is C31H23F5N2O5S. The number of halogens is 5. The monoisotopic (exact) mass is 630 g/mol. The minimum atomic E-state index is -1.69. The summed E-state index contributed by atoms with van der Waals surface area (Å²) in [6.07, 6.45) is 1.53. The minimum absolute atomic E-state index is 0.0759. The second kappa shape index (κ2) is 12.4. The summed E-state index contributed by atoms with van der Waals surface area (Å²) in [6.45, 7) is 2.82. The fraction of sp³-hybridized carbons (Fsp3) is 0.194. The zero-order chi connectivity index (χ0) is 31.7. The van der Waals surface area contributed by atoms with E-state index in [0.717, 1.165) is 11.3 Å². The molecule has 1 aliphatic rings. The smallest absolute Gasteiger partial charge is 0.338 e. The van der Waals surface area contributed by atoms with E-state index in [1.54, 1.807) is 19.9 Å². The molecule has 3 aromatic carbocycles. The lowest BCUT2D eigenvalue weighted by Gasteiger charge is -2.24. The number of aromatic nitrogens is 1. The Morgan fingerprint density at radius 2 is 1.70 bits per heavy atom. The fourth-order valence-electron chi connectivity index (χ4n) is 4.73. The second-order valence-electron chi connectivity index (χ2n) is 9.51. The normalized spacial score (nSPS) is 14.7. The molecule has 0 spiro atoms. The molecule has 1 atom stereocenters. The summed E-state index contributed by atoms with van der Waals surface area (Å²) in [5.74, 6) is -8.74. The highest BCUT2D eigenvalue weighted by Gasteiger charge is 2.33. The molecule has 0 N–H and O–H groups in total. The Morgan fingerprint density at radius 3 is 2.34 bits per heavy atom. The Hall–Kier alpha value is -4.78. The van der Waals surface area contributed by atoms with Gasteiger partial charge >= 0.3 is 5.97 Å². The van der Waals surface area contributed by atoms with Crippen molar-refractivity contribution in [3.05, 3.63) is 125 Å². The Morgan fingerprint density at radius 1 is 1.02 bits per heavy atom. The van der Waals surface area contributed by atoms with Crippen LogP contribution in [0.25, 0.3) is 6.08 Å². The van der Waals surface area contributed by atoms with Crippen molar-refractivity contribution < 1.29 is 41.0 Å². The minimum Gasteiger partial charge on any atom is -0.496 e. The highest BCUT2D eigenvalue weighted by Crippen LogP contribution is 2.31. The predicted molar refractivity (Wildman–Crippen MR) is 150 cm³/mol. The highest BCUT2D eigenvalue weighted by molar-refractivity contribution is 7.07. The third-order valence-electron chi connectivity index (χ3n) is 6.75. The number of esters is 1. The molecule has 4 aromatic rings. The van der Waals surface area contributed by atoms with E-state index >= 15 is 0 Å². The van der Waals surface area contributed by atoms with Crippen molar-refractivity contribution in [1.82, 2.24) is 4.57 Å². The van der Waals surface area contributed by atoms with E-state index in [4.69, 9.17) is 14.2 Å². The lowest BCUT2D eigenvalue weighted by molar-refractivity contribution is -0.139. The molecule has 2 heterocycles. The van der Waals surface area contributed by atoms with Gasteiger partial charge in [-0.15, -0.1) is 0 Å². The molecule has 0 radical (unpaired) electrons. The van der Waals surface area contributed by atoms with Gasteiger partial charge in [0.05, 0.1) is 35.6 Å². The molecule has 228 valence electrons. The maximum Gasteiger partial charge on any atom is 0.338 e. The first kappa shape index (κ1) is 30.7. The number of thiazole rings is 1. The number of carbonyl (C=O) groups excluding carboxylic acids is 1. The second-order valence-corrected chi connectivity index (χ2v) is 10.5. The molecule has 0 saturated carbocycles. The predicted octanol–water partition coefficient (Wildman–Crippen LogP) is 5.08. The largest absolute Gasteiger partial charge is 0.496 e. The van der Waals surface area contributed by atoms with Gasteiger partial charge in [-0.2, -0.15) is 8.78 Å². The van der Waals surface area contributed by atoms with Gasteiger partial charge < -0.3 is 14.2 Å². The van der Waals surface area contributed by atoms with Crippen molar-refractivity contribution in [2.45, 2.75) is 26.5 Å². The summed E-state index contributed by atoms with van der Waals surface area (Å²) in [7, 11) is 1.35. The molecule has 5 rings (SSSR count). The van der Waals surface area contributed by atoms with E-state index < -0.39 is 59.0 Å². The molecule has 0 bridgehead atoms. The number of rotatable bonds is 8. The zero-order valence-electron chi connectivity index (χ0n) is 23.4. The number of carbonyl (C=O) groups is 1. The van der Waals surface area contributed by atoms with Crippen LogP contribution in [-0.4, -0.2) is 24.3 Å². The van der Waals surface area contributed by atoms with Crippen molar-refractivity contribution in [3.8, 4) is 11.5 Å². The van der Waals surface area contributed by atoms with Gasteiger partial charge in [0.1, 0.15) is 18.2 Å². The Balaban J connectivity index is 1.58. The maximum absolute atomic E-state index is 14.1. The first-order valence-electron chi connectivity index (χ1n) is 13.1. The third kappa shape index (κ3) is 5.74. The van der Waals surface area contributed by atoms with Gasteiger partial charge in [-0.25, -0.2) is 23.0 Å². The first-order valence-corrected chi connectivity index (χ1v) is 13.9. The average molecular weight is 631 g/mol. The summed E-state index contributed by atoms with van der Waals surface area (Å²) in [5, 5.41) is 0. The van der Waals surface area contributed by atoms with Crippen LogP contribution >= 0.6 is 11.3 Å². The molecule has 1 aliphatic heterocycles. The highest BCUT2D eigenvalue weighted by atomic mass is 32.1. The van der Waals surface area contributed by atoms with Gasteiger partial charge in [0.25, 0.3) is 5.56 Å². The van der Waals surface area contributed by atoms with Gasteiger partial charge in [0.2, 0.25) is 11.6 Å². The van der Waals surface area contributed by atoms with E-state index in [1.165, 1.54) is 54.2 Å². The quantitative estimate of drug-likeness (QED) is 0.154. The van der Waals surface area contributed by atoms with Crippen LogP contribution in [-0.2, 0) is 16.1 Å². The molecule has 0 fully saturated rings. The number of allylic oxidation sites excluding steroid dienone is 1. The topological polar surface area (TPSA) is 79.1 Å². The number of methoxy groups -OCH3 is 1. The fourth-order valence-corrected chi connectivity index (χ4v) is 5.78. The Kier molecular flexibility index (Phi) is 8.68. The van der Waals surface area contributed by atoms with Crippen LogP contribution in [0.4, 0.5) is 22.0 Å². The number of hydrogen-bond donors (Lipinski definition) is 0. The average Bonchev–Trinajstić information content (AvgIpc) is 3.29. The Labute approximate surface area is 250 Å². The molecule has 13 heteroatoms. The standard InChI is InChI=1S/C31H23F5N2O5S/c1-4-42-30(40)24-15(2)37-31-38(27(24)17-6-8-19(32)9-7-17)29(39)23(44-31)12-16-5-10-22(41-3)18(11-16)14-43-28-25(35)20(33)13-21(34)26(28)36/h5-13,27H,4,14H2,1-3H3/b23-12-. The van der Waals surface area contributed by atoms with Crippen molar-refractivity contribution in [2.75, 3.05) is 13.7 Å². The number of hydrogen-bond acceptors (Lipinski definition) is 7. The Bertz CT molecular complexity index is 1960. The van der Waals surface area contributed by atoms with Crippen molar-refractivity contribution in [2.24, 2.45) is 4.99 Å². The SMILES string of the molecule is CCOC(=O)C1=C(C)N=c2s/c(=C\c3ccc(OC)c(COc4c(F)c(F)cc(F)c4F)c3)c(=O)n2C1c1ccc(F)cc1. The summed E-state index contributed by atoms with van der Waals surface area (Å²) in [6, 6.07) is 9.16. The summed E-state index contributed by atoms with van der Waals surface area (Å²) >= 11 is 1.05. The number of ether oxygens (including phenoxy) is 3. The van der Waals surface area contributed by atoms with Gasteiger partial charge in [0.15, 0.2) is 22.2 Å². The lowest BCUT2D eigenvalue weighted by Crippen LogP contribution is -2.39. The van der Waals surface area contributed by atoms with Crippen LogP contribution < -0.4 is 24.4 Å². The third-order valence-corrected chi connectivity index (χ3v) is 7.73. The van der Waals surface area contributed by atoms with Crippen LogP contribution in [0, 0.1) is 29.1 Å². The number of nitrogens with zero attached hydrogens (tertiary/aromatic N) is 2. The summed E-state index contributed by atoms with van der Waals surface area (Å²) in [4.78, 5) is 31.5. The van der Waals surface area contributed by atoms with Gasteiger partial charge in [-0.3, -0.25) is 9.36 Å². The van der Waals surface area contributed by atoms with E-state index in [2.05, 4.69) is 4.99 Å². The van der Waals surface area contributed by atoms with E-state index in [1.807, 2.05) is 0 Å². The van der Waals surface area contributed by atoms with Gasteiger partial charge in [-0.1, -0.05) is 29.5 Å². The maximum atomic E-state index is 14.1. The van der Waals surface area contributed by atoms with Crippen molar-refractivity contribution >= 4 is 23.4 Å². The number of fused-ring (bicyclic) bond motifs is 1. The van der Waals surface area contributed by atoms with E-state index in [9.17, 15) is 31.5 Å². The molecule has 0 amide bonds. The van der Waals surface area contributed by atoms with Crippen molar-refractivity contribution in [3.63, 3.8) is 0 Å². The van der Waals surface area contributed by atoms with E-state index in [-0.39, 0.29) is 38.9 Å². The van der Waals surface area contributed by atoms with Crippen LogP contribution in [0.1, 0.15) is 36.6 Å². The number of benzene rings is 3. The lowest BCUT2D eigenvalue weighted by atomic mass is 9.96. The zero-order valence-corrected chi connectivity index (χ0v) is 24.2. The van der Waals surface area contributed by atoms with Crippen LogP contribution in [0.3, 0.4) is 0 Å². The molecule has 7 nitrogen and oxygen atoms in total. The molecule has 1 aromatic heterocycles. The molecule has 44 heavy (non-hydrogen) atoms. The molecular weight excluding hydrogens is 607 g/mol. The molecule has 0 aliphatic carbocycles. The van der Waals surface area contributed by atoms with Crippen molar-refractivity contribution in [1.29, 1.82) is 0 Å². The van der Waals surface area contributed by atoms with E-state index in [0.29, 0.717) is 16.8 Å². The molecule has 0 saturated heterocycles. The summed E-state index contributed by atoms with van der Waals surface area (Å²) < 4.78 is 86.5. The van der Waals surface area contributed by atoms with Crippen LogP contribution in [0.15, 0.2) is 69.6 Å². The van der Waals surface area contributed by atoms with Crippen LogP contribution in [0.2, 0.25) is 0 Å². The first-order chi connectivity index (χ1) is 21.0. The van der Waals surface area contributed by atoms with Gasteiger partial charge in [0, 0.05) is 11.6 Å². The molecule has 1 unspecified atom stereocenters. The van der Waals surface area contributed by atoms with Gasteiger partial charge in [-0.05, 0) is 55.3 Å². The van der Waals surface area contributed by atoms with Crippen LogP contribution in [0.5, 0.6) is 11.5 Å². The summed E-state index contributed by atoms with van der Waals surface area (Å²) in [5.41, 5.74) is 1.14.